The molecule has 0 unspecified atom stereocenters. The smallest absolute Gasteiger partial charge is 0.258 e. The molecule has 2 N–H and O–H groups in total. The minimum absolute atomic E-state index is 0.234. The first kappa shape index (κ1) is 17.8. The molecule has 0 radical (unpaired) electrons. The molecule has 146 valence electrons. The lowest BCUT2D eigenvalue weighted by Crippen LogP contribution is -2.30. The van der Waals surface area contributed by atoms with Gasteiger partial charge in [-0.1, -0.05) is 24.3 Å². The van der Waals surface area contributed by atoms with Gasteiger partial charge in [0.25, 0.3) is 5.91 Å². The predicted molar refractivity (Wildman–Crippen MR) is 115 cm³/mol. The van der Waals surface area contributed by atoms with Crippen molar-refractivity contribution >= 4 is 40.0 Å². The van der Waals surface area contributed by atoms with Gasteiger partial charge in [-0.2, -0.15) is 4.98 Å². The van der Waals surface area contributed by atoms with Crippen LogP contribution in [0.1, 0.15) is 29.6 Å². The van der Waals surface area contributed by atoms with Gasteiger partial charge in [-0.25, -0.2) is 10.1 Å². The van der Waals surface area contributed by atoms with Crippen LogP contribution < -0.4 is 10.2 Å². The molecule has 1 fully saturated rings. The van der Waals surface area contributed by atoms with Gasteiger partial charge >= 0.3 is 0 Å². The maximum absolute atomic E-state index is 13.1. The summed E-state index contributed by atoms with van der Waals surface area (Å²) in [6.45, 7) is 1.90. The number of benzene rings is 1. The molecule has 8 heteroatoms. The maximum Gasteiger partial charge on any atom is 0.258 e. The molecule has 1 aromatic carbocycles. The first-order valence-electron chi connectivity index (χ1n) is 9.70. The number of hydrogen-bond donors (Lipinski definition) is 2. The zero-order valence-corrected chi connectivity index (χ0v) is 16.6. The Kier molecular flexibility index (Phi) is 4.69. The molecular formula is C21H20N6OS. The van der Waals surface area contributed by atoms with Gasteiger partial charge in [-0.3, -0.25) is 10.1 Å². The second-order valence-corrected chi connectivity index (χ2v) is 7.98. The molecule has 4 heterocycles. The van der Waals surface area contributed by atoms with E-state index in [0.29, 0.717) is 17.5 Å². The monoisotopic (exact) mass is 404 g/mol. The second kappa shape index (κ2) is 7.63. The average molecular weight is 404 g/mol. The number of amides is 1. The molecule has 1 saturated heterocycles. The summed E-state index contributed by atoms with van der Waals surface area (Å²) in [6, 6.07) is 13.5. The van der Waals surface area contributed by atoms with Crippen LogP contribution in [0.5, 0.6) is 0 Å². The van der Waals surface area contributed by atoms with Crippen LogP contribution in [-0.4, -0.2) is 39.2 Å². The van der Waals surface area contributed by atoms with E-state index in [1.807, 2.05) is 47.8 Å². The molecule has 0 aliphatic carbocycles. The third-order valence-electron chi connectivity index (χ3n) is 5.08. The highest BCUT2D eigenvalue weighted by molar-refractivity contribution is 7.13. The normalized spacial score (nSPS) is 14.3. The van der Waals surface area contributed by atoms with Crippen molar-refractivity contribution in [3.05, 3.63) is 53.4 Å². The topological polar surface area (TPSA) is 86.8 Å². The van der Waals surface area contributed by atoms with Gasteiger partial charge in [0, 0.05) is 18.5 Å². The lowest BCUT2D eigenvalue weighted by molar-refractivity contribution is 0.102. The highest BCUT2D eigenvalue weighted by Gasteiger charge is 2.18. The molecule has 3 aromatic heterocycles. The first-order chi connectivity index (χ1) is 14.3. The zero-order chi connectivity index (χ0) is 19.6. The van der Waals surface area contributed by atoms with Crippen molar-refractivity contribution in [3.8, 4) is 10.6 Å². The van der Waals surface area contributed by atoms with E-state index in [0.717, 1.165) is 47.4 Å². The molecule has 0 saturated carbocycles. The third kappa shape index (κ3) is 3.58. The van der Waals surface area contributed by atoms with Crippen molar-refractivity contribution in [2.75, 3.05) is 23.3 Å². The Bertz CT molecular complexity index is 1150. The third-order valence-corrected chi connectivity index (χ3v) is 5.97. The van der Waals surface area contributed by atoms with Crippen LogP contribution in [0.4, 0.5) is 11.9 Å². The number of piperidine rings is 1. The summed E-state index contributed by atoms with van der Waals surface area (Å²) in [7, 11) is 0. The van der Waals surface area contributed by atoms with Crippen molar-refractivity contribution in [1.82, 2.24) is 20.2 Å². The van der Waals surface area contributed by atoms with E-state index in [4.69, 9.17) is 4.98 Å². The predicted octanol–water partition coefficient (Wildman–Crippen LogP) is 4.32. The van der Waals surface area contributed by atoms with E-state index >= 15 is 0 Å². The SMILES string of the molecule is O=C(Nc1nc(N2CCCCC2)n[nH]1)c1cc(-c2cccs2)nc2ccccc12. The molecule has 4 aromatic rings. The van der Waals surface area contributed by atoms with Crippen LogP contribution in [0.3, 0.4) is 0 Å². The molecule has 0 atom stereocenters. The lowest BCUT2D eigenvalue weighted by atomic mass is 10.1. The van der Waals surface area contributed by atoms with E-state index < -0.39 is 0 Å². The fourth-order valence-corrected chi connectivity index (χ4v) is 4.32. The number of fused-ring (bicyclic) bond motifs is 1. The highest BCUT2D eigenvalue weighted by atomic mass is 32.1. The Morgan fingerprint density at radius 1 is 1.07 bits per heavy atom. The fraction of sp³-hybridized carbons (Fsp3) is 0.238. The molecule has 1 amide bonds. The number of rotatable bonds is 4. The Hall–Kier alpha value is -3.26. The fourth-order valence-electron chi connectivity index (χ4n) is 3.63. The van der Waals surface area contributed by atoms with E-state index in [1.54, 1.807) is 11.3 Å². The van der Waals surface area contributed by atoms with Gasteiger partial charge in [-0.05, 0) is 42.8 Å². The molecular weight excluding hydrogens is 384 g/mol. The Labute approximate surface area is 171 Å². The van der Waals surface area contributed by atoms with Crippen molar-refractivity contribution in [2.45, 2.75) is 19.3 Å². The van der Waals surface area contributed by atoms with Gasteiger partial charge in [0.05, 0.1) is 21.7 Å². The summed E-state index contributed by atoms with van der Waals surface area (Å²) in [5.74, 6) is 0.760. The number of thiophene rings is 1. The molecule has 0 spiro atoms. The zero-order valence-electron chi connectivity index (χ0n) is 15.8. The molecule has 7 nitrogen and oxygen atoms in total. The summed E-state index contributed by atoms with van der Waals surface area (Å²) in [5, 5.41) is 12.8. The van der Waals surface area contributed by atoms with Crippen LogP contribution in [0, 0.1) is 0 Å². The van der Waals surface area contributed by atoms with E-state index in [-0.39, 0.29) is 5.91 Å². The Balaban J connectivity index is 1.45. The quantitative estimate of drug-likeness (QED) is 0.529. The summed E-state index contributed by atoms with van der Waals surface area (Å²) in [5.41, 5.74) is 2.14. The summed E-state index contributed by atoms with van der Waals surface area (Å²) in [6.07, 6.45) is 3.53. The van der Waals surface area contributed by atoms with Gasteiger partial charge in [0.2, 0.25) is 11.9 Å². The van der Waals surface area contributed by atoms with E-state index in [1.165, 1.54) is 6.42 Å². The minimum atomic E-state index is -0.234. The van der Waals surface area contributed by atoms with Crippen molar-refractivity contribution in [3.63, 3.8) is 0 Å². The maximum atomic E-state index is 13.1. The van der Waals surface area contributed by atoms with Crippen molar-refractivity contribution in [2.24, 2.45) is 0 Å². The first-order valence-corrected chi connectivity index (χ1v) is 10.6. The standard InChI is InChI=1S/C21H20N6OS/c28-19(23-20-24-21(26-25-20)27-10-4-1-5-11-27)15-13-17(18-9-6-12-29-18)22-16-8-3-2-7-14(15)16/h2-3,6-9,12-13H,1,4-5,10-11H2,(H2,23,24,25,26,28). The molecule has 5 rings (SSSR count). The largest absolute Gasteiger partial charge is 0.340 e. The number of nitrogens with zero attached hydrogens (tertiary/aromatic N) is 4. The average Bonchev–Trinajstić information content (AvgIpc) is 3.46. The highest BCUT2D eigenvalue weighted by Crippen LogP contribution is 2.28. The number of hydrogen-bond acceptors (Lipinski definition) is 6. The van der Waals surface area contributed by atoms with E-state index in [9.17, 15) is 4.79 Å². The van der Waals surface area contributed by atoms with Crippen LogP contribution >= 0.6 is 11.3 Å². The minimum Gasteiger partial charge on any atom is -0.340 e. The van der Waals surface area contributed by atoms with Gasteiger partial charge in [0.15, 0.2) is 0 Å². The van der Waals surface area contributed by atoms with Gasteiger partial charge in [-0.15, -0.1) is 16.4 Å². The number of pyridine rings is 1. The number of aromatic amines is 1. The Morgan fingerprint density at radius 3 is 2.76 bits per heavy atom. The van der Waals surface area contributed by atoms with Crippen molar-refractivity contribution in [1.29, 1.82) is 0 Å². The number of carbonyl (C=O) groups is 1. The van der Waals surface area contributed by atoms with E-state index in [2.05, 4.69) is 25.4 Å². The van der Waals surface area contributed by atoms with Crippen molar-refractivity contribution < 1.29 is 4.79 Å². The number of anilines is 2. The molecule has 29 heavy (non-hydrogen) atoms. The second-order valence-electron chi connectivity index (χ2n) is 7.04. The molecule has 1 aliphatic heterocycles. The van der Waals surface area contributed by atoms with Crippen LogP contribution in [0.15, 0.2) is 47.8 Å². The number of carbonyl (C=O) groups excluding carboxylic acids is 1. The number of nitrogens with one attached hydrogen (secondary N) is 2. The summed E-state index contributed by atoms with van der Waals surface area (Å²) < 4.78 is 0. The van der Waals surface area contributed by atoms with Crippen LogP contribution in [0.2, 0.25) is 0 Å². The number of H-pyrrole nitrogens is 1. The Morgan fingerprint density at radius 2 is 1.93 bits per heavy atom. The van der Waals surface area contributed by atoms with Gasteiger partial charge < -0.3 is 4.90 Å². The summed E-state index contributed by atoms with van der Waals surface area (Å²) in [4.78, 5) is 25.5. The lowest BCUT2D eigenvalue weighted by Gasteiger charge is -2.24. The molecule has 1 aliphatic rings. The van der Waals surface area contributed by atoms with Crippen LogP contribution in [-0.2, 0) is 0 Å². The number of para-hydroxylation sites is 1. The van der Waals surface area contributed by atoms with Gasteiger partial charge in [0.1, 0.15) is 0 Å². The van der Waals surface area contributed by atoms with Crippen LogP contribution in [0.25, 0.3) is 21.5 Å². The molecule has 0 bridgehead atoms. The summed E-state index contributed by atoms with van der Waals surface area (Å²) >= 11 is 1.60. The number of aromatic nitrogens is 4.